The highest BCUT2D eigenvalue weighted by Crippen LogP contribution is 2.40. The van der Waals surface area contributed by atoms with Crippen molar-refractivity contribution in [1.29, 1.82) is 0 Å². The summed E-state index contributed by atoms with van der Waals surface area (Å²) in [5.41, 5.74) is 0.733. The average molecular weight is 521 g/mol. The van der Waals surface area contributed by atoms with E-state index in [0.29, 0.717) is 23.6 Å². The second-order valence-electron chi connectivity index (χ2n) is 7.38. The molecule has 1 saturated carbocycles. The van der Waals surface area contributed by atoms with Gasteiger partial charge in [-0.1, -0.05) is 12.8 Å². The van der Waals surface area contributed by atoms with Crippen molar-refractivity contribution in [2.45, 2.75) is 59.4 Å². The first kappa shape index (κ1) is 25.7. The van der Waals surface area contributed by atoms with Crippen LogP contribution in [0.25, 0.3) is 0 Å². The van der Waals surface area contributed by atoms with Gasteiger partial charge in [0.1, 0.15) is 23.6 Å². The lowest BCUT2D eigenvalue weighted by molar-refractivity contribution is 0.0598. The highest BCUT2D eigenvalue weighted by atomic mass is 127. The third kappa shape index (κ3) is 7.81. The summed E-state index contributed by atoms with van der Waals surface area (Å²) in [6.45, 7) is 9.45. The minimum atomic E-state index is -0.390. The van der Waals surface area contributed by atoms with Gasteiger partial charge in [0.25, 0.3) is 0 Å². The van der Waals surface area contributed by atoms with Crippen molar-refractivity contribution in [3.63, 3.8) is 0 Å². The summed E-state index contributed by atoms with van der Waals surface area (Å²) >= 11 is 0. The summed E-state index contributed by atoms with van der Waals surface area (Å²) in [6, 6.07) is 1.70. The van der Waals surface area contributed by atoms with E-state index in [1.54, 1.807) is 13.0 Å². The number of carbonyl (C=O) groups is 1. The van der Waals surface area contributed by atoms with E-state index in [-0.39, 0.29) is 35.4 Å². The zero-order chi connectivity index (χ0) is 20.4. The number of rotatable bonds is 10. The summed E-state index contributed by atoms with van der Waals surface area (Å²) in [7, 11) is 1.37. The molecule has 0 spiro atoms. The first-order chi connectivity index (χ1) is 13.5. The van der Waals surface area contributed by atoms with Crippen LogP contribution in [0.1, 0.15) is 67.8 Å². The maximum Gasteiger partial charge on any atom is 0.341 e. The predicted molar refractivity (Wildman–Crippen MR) is 125 cm³/mol. The number of hydrogen-bond acceptors (Lipinski definition) is 5. The summed E-state index contributed by atoms with van der Waals surface area (Å²) in [4.78, 5) is 16.4. The van der Waals surface area contributed by atoms with Gasteiger partial charge in [-0.2, -0.15) is 0 Å². The topological polar surface area (TPSA) is 85.1 Å². The molecule has 1 fully saturated rings. The fourth-order valence-corrected chi connectivity index (χ4v) is 3.78. The Morgan fingerprint density at radius 3 is 2.62 bits per heavy atom. The van der Waals surface area contributed by atoms with Crippen LogP contribution in [-0.2, 0) is 16.0 Å². The van der Waals surface area contributed by atoms with E-state index in [9.17, 15) is 4.79 Å². The molecule has 0 aliphatic heterocycles. The van der Waals surface area contributed by atoms with E-state index in [0.717, 1.165) is 38.7 Å². The van der Waals surface area contributed by atoms with Crippen LogP contribution in [0.2, 0.25) is 0 Å². The number of nitrogens with zero attached hydrogens (tertiary/aromatic N) is 1. The van der Waals surface area contributed by atoms with Gasteiger partial charge in [-0.25, -0.2) is 9.79 Å². The standard InChI is InChI=1S/C21H35N3O4.HI/c1-5-22-20(23-14-17-13-18(16(3)28-17)19(25)26-4)24-15-21(9-7-8-10-21)11-12-27-6-2;/h13H,5-12,14-15H2,1-4H3,(H2,22,23,24);1H. The molecule has 0 saturated heterocycles. The molecule has 2 N–H and O–H groups in total. The first-order valence-corrected chi connectivity index (χ1v) is 10.3. The third-order valence-electron chi connectivity index (χ3n) is 5.39. The zero-order valence-corrected chi connectivity index (χ0v) is 20.5. The van der Waals surface area contributed by atoms with Crippen molar-refractivity contribution in [1.82, 2.24) is 10.6 Å². The van der Waals surface area contributed by atoms with Gasteiger partial charge >= 0.3 is 5.97 Å². The van der Waals surface area contributed by atoms with Crippen LogP contribution in [0, 0.1) is 12.3 Å². The fraction of sp³-hybridized carbons (Fsp3) is 0.714. The molecule has 0 amide bonds. The van der Waals surface area contributed by atoms with Gasteiger partial charge in [-0.05, 0) is 51.5 Å². The van der Waals surface area contributed by atoms with E-state index in [4.69, 9.17) is 13.9 Å². The Kier molecular flexibility index (Phi) is 11.6. The Bertz CT molecular complexity index is 654. The molecule has 1 aromatic rings. The number of esters is 1. The highest BCUT2D eigenvalue weighted by molar-refractivity contribution is 14.0. The van der Waals surface area contributed by atoms with E-state index in [2.05, 4.69) is 15.6 Å². The molecule has 0 unspecified atom stereocenters. The predicted octanol–water partition coefficient (Wildman–Crippen LogP) is 4.03. The quantitative estimate of drug-likeness (QED) is 0.159. The minimum Gasteiger partial charge on any atom is -0.465 e. The molecular weight excluding hydrogens is 485 g/mol. The van der Waals surface area contributed by atoms with Crippen molar-refractivity contribution < 1.29 is 18.7 Å². The van der Waals surface area contributed by atoms with Crippen LogP contribution in [0.3, 0.4) is 0 Å². The molecule has 7 nitrogen and oxygen atoms in total. The maximum atomic E-state index is 11.7. The molecule has 0 radical (unpaired) electrons. The Labute approximate surface area is 191 Å². The molecule has 1 heterocycles. The number of furan rings is 1. The van der Waals surface area contributed by atoms with Gasteiger partial charge < -0.3 is 24.5 Å². The van der Waals surface area contributed by atoms with Crippen molar-refractivity contribution in [2.24, 2.45) is 10.4 Å². The van der Waals surface area contributed by atoms with Gasteiger partial charge in [0.2, 0.25) is 0 Å². The van der Waals surface area contributed by atoms with Crippen molar-refractivity contribution in [3.05, 3.63) is 23.2 Å². The molecule has 1 aromatic heterocycles. The fourth-order valence-electron chi connectivity index (χ4n) is 3.78. The van der Waals surface area contributed by atoms with Crippen LogP contribution in [0.4, 0.5) is 0 Å². The van der Waals surface area contributed by atoms with Crippen LogP contribution < -0.4 is 10.6 Å². The van der Waals surface area contributed by atoms with Crippen LogP contribution >= 0.6 is 24.0 Å². The molecule has 0 atom stereocenters. The van der Waals surface area contributed by atoms with E-state index >= 15 is 0 Å². The molecule has 8 heteroatoms. The Morgan fingerprint density at radius 2 is 2.00 bits per heavy atom. The van der Waals surface area contributed by atoms with Crippen molar-refractivity contribution >= 4 is 35.9 Å². The van der Waals surface area contributed by atoms with Gasteiger partial charge in [-0.3, -0.25) is 0 Å². The molecule has 1 aliphatic carbocycles. The normalized spacial score (nSPS) is 15.7. The molecular formula is C21H36IN3O4. The number of aliphatic imine (C=N–C) groups is 1. The van der Waals surface area contributed by atoms with E-state index in [1.807, 2.05) is 13.8 Å². The molecule has 0 bridgehead atoms. The SMILES string of the molecule is CCNC(=NCc1cc(C(=O)OC)c(C)o1)NCC1(CCOCC)CCCC1.I. The number of methoxy groups -OCH3 is 1. The molecule has 2 rings (SSSR count). The molecule has 29 heavy (non-hydrogen) atoms. The smallest absolute Gasteiger partial charge is 0.341 e. The van der Waals surface area contributed by atoms with E-state index in [1.165, 1.54) is 32.8 Å². The minimum absolute atomic E-state index is 0. The Morgan fingerprint density at radius 1 is 1.28 bits per heavy atom. The second-order valence-corrected chi connectivity index (χ2v) is 7.38. The van der Waals surface area contributed by atoms with Crippen LogP contribution in [0.5, 0.6) is 0 Å². The lowest BCUT2D eigenvalue weighted by atomic mass is 9.83. The second kappa shape index (κ2) is 13.1. The lowest BCUT2D eigenvalue weighted by Crippen LogP contribution is -2.43. The number of halogens is 1. The maximum absolute atomic E-state index is 11.7. The van der Waals surface area contributed by atoms with Gasteiger partial charge in [0.05, 0.1) is 7.11 Å². The van der Waals surface area contributed by atoms with E-state index < -0.39 is 0 Å². The summed E-state index contributed by atoms with van der Waals surface area (Å²) < 4.78 is 16.0. The van der Waals surface area contributed by atoms with Crippen LogP contribution in [-0.4, -0.2) is 45.3 Å². The van der Waals surface area contributed by atoms with Gasteiger partial charge in [0, 0.05) is 26.3 Å². The molecule has 1 aliphatic rings. The summed E-state index contributed by atoms with van der Waals surface area (Å²) in [5, 5.41) is 6.80. The highest BCUT2D eigenvalue weighted by Gasteiger charge is 2.33. The number of nitrogens with one attached hydrogen (secondary N) is 2. The number of carbonyl (C=O) groups excluding carboxylic acids is 1. The zero-order valence-electron chi connectivity index (χ0n) is 18.1. The van der Waals surface area contributed by atoms with Crippen LogP contribution in [0.15, 0.2) is 15.5 Å². The molecule has 166 valence electrons. The monoisotopic (exact) mass is 521 g/mol. The number of aryl methyl sites for hydroxylation is 1. The van der Waals surface area contributed by atoms with Gasteiger partial charge in [-0.15, -0.1) is 24.0 Å². The molecule has 0 aromatic carbocycles. The van der Waals surface area contributed by atoms with Gasteiger partial charge in [0.15, 0.2) is 5.96 Å². The largest absolute Gasteiger partial charge is 0.465 e. The number of ether oxygens (including phenoxy) is 2. The summed E-state index contributed by atoms with van der Waals surface area (Å²) in [6.07, 6.45) is 6.10. The Balaban J connectivity index is 0.00000420. The number of guanidine groups is 1. The Hall–Kier alpha value is -1.29. The van der Waals surface area contributed by atoms with Crippen molar-refractivity contribution in [2.75, 3.05) is 33.4 Å². The number of hydrogen-bond donors (Lipinski definition) is 2. The lowest BCUT2D eigenvalue weighted by Gasteiger charge is -2.30. The summed E-state index contributed by atoms with van der Waals surface area (Å²) in [5.74, 6) is 1.57. The third-order valence-corrected chi connectivity index (χ3v) is 5.39. The average Bonchev–Trinajstić information content (AvgIpc) is 3.31. The van der Waals surface area contributed by atoms with Crippen molar-refractivity contribution in [3.8, 4) is 0 Å². The first-order valence-electron chi connectivity index (χ1n) is 10.3.